The molecule has 0 aliphatic heterocycles. The summed E-state index contributed by atoms with van der Waals surface area (Å²) in [5.41, 5.74) is 11.3. The zero-order chi connectivity index (χ0) is 25.6. The Balaban J connectivity index is 5.32. The maximum absolute atomic E-state index is 12.9. The van der Waals surface area contributed by atoms with Gasteiger partial charge in [-0.25, -0.2) is 4.79 Å². The number of carboxylic acids is 1. The lowest BCUT2D eigenvalue weighted by Crippen LogP contribution is -2.60. The van der Waals surface area contributed by atoms with Crippen molar-refractivity contribution in [2.75, 3.05) is 18.6 Å². The fourth-order valence-electron chi connectivity index (χ4n) is 3.03. The van der Waals surface area contributed by atoms with E-state index in [4.69, 9.17) is 11.5 Å². The van der Waals surface area contributed by atoms with Crippen LogP contribution in [0.2, 0.25) is 0 Å². The predicted molar refractivity (Wildman–Crippen MR) is 128 cm³/mol. The highest BCUT2D eigenvalue weighted by Crippen LogP contribution is 2.08. The van der Waals surface area contributed by atoms with Crippen LogP contribution in [0.3, 0.4) is 0 Å². The number of carboxylic acid groups (broad SMARTS) is 1. The minimum absolute atomic E-state index is 0.0428. The molecule has 0 spiro atoms. The summed E-state index contributed by atoms with van der Waals surface area (Å²) in [6.07, 6.45) is 2.60. The molecule has 9 N–H and O–H groups in total. The van der Waals surface area contributed by atoms with E-state index in [0.29, 0.717) is 31.6 Å². The number of nitrogens with one attached hydrogen (secondary N) is 3. The van der Waals surface area contributed by atoms with Crippen molar-refractivity contribution >= 4 is 35.5 Å². The van der Waals surface area contributed by atoms with Crippen molar-refractivity contribution in [2.45, 2.75) is 83.1 Å². The summed E-state index contributed by atoms with van der Waals surface area (Å²) in [6, 6.07) is -4.32. The van der Waals surface area contributed by atoms with E-state index < -0.39 is 54.0 Å². The van der Waals surface area contributed by atoms with E-state index in [1.165, 1.54) is 6.92 Å². The average molecular weight is 492 g/mol. The number of aliphatic hydroxyl groups excluding tert-OH is 1. The Morgan fingerprint density at radius 1 is 0.909 bits per heavy atom. The molecule has 0 aliphatic rings. The van der Waals surface area contributed by atoms with Crippen LogP contribution < -0.4 is 27.4 Å². The quantitative estimate of drug-likeness (QED) is 0.127. The van der Waals surface area contributed by atoms with Crippen LogP contribution in [-0.4, -0.2) is 82.7 Å². The molecular weight excluding hydrogens is 450 g/mol. The Hall–Kier alpha value is -1.89. The fraction of sp³-hybridized carbons (Fsp3) is 0.810. The van der Waals surface area contributed by atoms with Crippen LogP contribution in [0.1, 0.15) is 52.9 Å². The fourth-order valence-corrected chi connectivity index (χ4v) is 3.52. The largest absolute Gasteiger partial charge is 0.480 e. The highest BCUT2D eigenvalue weighted by Gasteiger charge is 2.32. The highest BCUT2D eigenvalue weighted by molar-refractivity contribution is 7.98. The first-order valence-corrected chi connectivity index (χ1v) is 12.6. The van der Waals surface area contributed by atoms with Gasteiger partial charge in [0.25, 0.3) is 0 Å². The van der Waals surface area contributed by atoms with Crippen LogP contribution in [0, 0.1) is 5.92 Å². The van der Waals surface area contributed by atoms with Crippen LogP contribution >= 0.6 is 11.8 Å². The normalized spacial score (nSPS) is 15.8. The number of rotatable bonds is 17. The number of unbranched alkanes of at least 4 members (excludes halogenated alkanes) is 1. The van der Waals surface area contributed by atoms with Gasteiger partial charge in [0.2, 0.25) is 17.7 Å². The summed E-state index contributed by atoms with van der Waals surface area (Å²) < 4.78 is 0. The molecule has 0 aromatic carbocycles. The van der Waals surface area contributed by atoms with Crippen molar-refractivity contribution in [2.24, 2.45) is 17.4 Å². The zero-order valence-electron chi connectivity index (χ0n) is 20.0. The molecule has 5 unspecified atom stereocenters. The smallest absolute Gasteiger partial charge is 0.326 e. The summed E-state index contributed by atoms with van der Waals surface area (Å²) in [5.74, 6) is -2.46. The Morgan fingerprint density at radius 3 is 2.00 bits per heavy atom. The van der Waals surface area contributed by atoms with Crippen molar-refractivity contribution in [3.8, 4) is 0 Å². The molecule has 11 nitrogen and oxygen atoms in total. The van der Waals surface area contributed by atoms with Crippen molar-refractivity contribution < 1.29 is 29.4 Å². The van der Waals surface area contributed by atoms with Gasteiger partial charge in [-0.15, -0.1) is 0 Å². The molecule has 33 heavy (non-hydrogen) atoms. The number of amides is 3. The van der Waals surface area contributed by atoms with E-state index in [2.05, 4.69) is 16.0 Å². The summed E-state index contributed by atoms with van der Waals surface area (Å²) in [6.45, 7) is 5.45. The van der Waals surface area contributed by atoms with Crippen molar-refractivity contribution in [3.05, 3.63) is 0 Å². The highest BCUT2D eigenvalue weighted by atomic mass is 32.2. The van der Waals surface area contributed by atoms with Crippen molar-refractivity contribution in [1.82, 2.24) is 16.0 Å². The van der Waals surface area contributed by atoms with Gasteiger partial charge >= 0.3 is 5.97 Å². The molecule has 192 valence electrons. The molecule has 3 amide bonds. The standard InChI is InChI=1S/C21H41N5O6S/c1-12(2)11-16(25-18(28)14(23)8-10-33-4)19(29)26-17(13(3)27)20(30)24-15(21(31)32)7-5-6-9-22/h12-17,27H,5-11,22-23H2,1-4H3,(H,24,30)(H,25,28)(H,26,29)(H,31,32). The van der Waals surface area contributed by atoms with Crippen LogP contribution in [-0.2, 0) is 19.2 Å². The number of aliphatic carboxylic acids is 1. The zero-order valence-corrected chi connectivity index (χ0v) is 20.8. The molecule has 0 heterocycles. The first kappa shape index (κ1) is 31.1. The van der Waals surface area contributed by atoms with Crippen LogP contribution in [0.5, 0.6) is 0 Å². The monoisotopic (exact) mass is 491 g/mol. The second-order valence-electron chi connectivity index (χ2n) is 8.49. The van der Waals surface area contributed by atoms with E-state index in [0.717, 1.165) is 0 Å². The Bertz CT molecular complexity index is 634. The Morgan fingerprint density at radius 2 is 1.52 bits per heavy atom. The number of hydrogen-bond acceptors (Lipinski definition) is 8. The predicted octanol–water partition coefficient (Wildman–Crippen LogP) is -0.838. The maximum atomic E-state index is 12.9. The summed E-state index contributed by atoms with van der Waals surface area (Å²) in [5, 5.41) is 26.9. The SMILES string of the molecule is CSCCC(N)C(=O)NC(CC(C)C)C(=O)NC(C(=O)NC(CCCCN)C(=O)O)C(C)O. The molecule has 0 radical (unpaired) electrons. The number of nitrogens with two attached hydrogens (primary N) is 2. The molecular formula is C21H41N5O6S. The first-order valence-electron chi connectivity index (χ1n) is 11.2. The van der Waals surface area contributed by atoms with Gasteiger partial charge in [0.05, 0.1) is 12.1 Å². The van der Waals surface area contributed by atoms with Crippen molar-refractivity contribution in [1.29, 1.82) is 0 Å². The number of thioether (sulfide) groups is 1. The Labute approximate surface area is 200 Å². The van der Waals surface area contributed by atoms with Crippen LogP contribution in [0.4, 0.5) is 0 Å². The molecule has 0 saturated heterocycles. The molecule has 0 aromatic rings. The number of carbonyl (C=O) groups is 4. The minimum atomic E-state index is -1.40. The molecule has 0 aromatic heterocycles. The van der Waals surface area contributed by atoms with E-state index in [1.54, 1.807) is 11.8 Å². The third kappa shape index (κ3) is 12.8. The lowest BCUT2D eigenvalue weighted by Gasteiger charge is -2.27. The topological polar surface area (TPSA) is 197 Å². The number of hydrogen-bond donors (Lipinski definition) is 7. The average Bonchev–Trinajstić information content (AvgIpc) is 2.73. The van der Waals surface area contributed by atoms with E-state index >= 15 is 0 Å². The van der Waals surface area contributed by atoms with Crippen LogP contribution in [0.15, 0.2) is 0 Å². The first-order chi connectivity index (χ1) is 15.4. The summed E-state index contributed by atoms with van der Waals surface area (Å²) in [7, 11) is 0. The molecule has 0 rings (SSSR count). The van der Waals surface area contributed by atoms with E-state index in [9.17, 15) is 29.4 Å². The third-order valence-corrected chi connectivity index (χ3v) is 5.58. The Kier molecular flexibility index (Phi) is 15.7. The molecule has 5 atom stereocenters. The van der Waals surface area contributed by atoms with Gasteiger partial charge in [-0.1, -0.05) is 13.8 Å². The lowest BCUT2D eigenvalue weighted by molar-refractivity contribution is -0.143. The van der Waals surface area contributed by atoms with Gasteiger partial charge in [-0.05, 0) is 63.5 Å². The third-order valence-electron chi connectivity index (χ3n) is 4.93. The summed E-state index contributed by atoms with van der Waals surface area (Å²) in [4.78, 5) is 49.5. The maximum Gasteiger partial charge on any atom is 0.326 e. The van der Waals surface area contributed by atoms with E-state index in [-0.39, 0.29) is 18.8 Å². The molecule has 0 saturated carbocycles. The van der Waals surface area contributed by atoms with E-state index in [1.807, 2.05) is 20.1 Å². The van der Waals surface area contributed by atoms with Gasteiger partial charge in [0, 0.05) is 0 Å². The molecule has 0 bridgehead atoms. The molecule has 12 heteroatoms. The van der Waals surface area contributed by atoms with Gasteiger partial charge in [-0.2, -0.15) is 11.8 Å². The minimum Gasteiger partial charge on any atom is -0.480 e. The molecule has 0 fully saturated rings. The molecule has 0 aliphatic carbocycles. The van der Waals surface area contributed by atoms with Gasteiger partial charge in [0.1, 0.15) is 18.1 Å². The summed E-state index contributed by atoms with van der Waals surface area (Å²) >= 11 is 1.55. The number of carbonyl (C=O) groups excluding carboxylic acids is 3. The lowest BCUT2D eigenvalue weighted by atomic mass is 10.0. The van der Waals surface area contributed by atoms with Gasteiger partial charge in [0.15, 0.2) is 0 Å². The second-order valence-corrected chi connectivity index (χ2v) is 9.48. The van der Waals surface area contributed by atoms with Crippen molar-refractivity contribution in [3.63, 3.8) is 0 Å². The number of aliphatic hydroxyl groups is 1. The van der Waals surface area contributed by atoms with Crippen LogP contribution in [0.25, 0.3) is 0 Å². The van der Waals surface area contributed by atoms with Gasteiger partial charge in [-0.3, -0.25) is 14.4 Å². The van der Waals surface area contributed by atoms with Gasteiger partial charge < -0.3 is 37.6 Å². The second kappa shape index (κ2) is 16.7.